The Labute approximate surface area is 74.8 Å². The average Bonchev–Trinajstić information content (AvgIpc) is 2.03. The predicted molar refractivity (Wildman–Crippen MR) is 46.8 cm³/mol. The van der Waals surface area contributed by atoms with Crippen LogP contribution < -0.4 is 11.1 Å². The van der Waals surface area contributed by atoms with Crippen LogP contribution >= 0.6 is 0 Å². The molecule has 5 nitrogen and oxygen atoms in total. The quantitative estimate of drug-likeness (QED) is 0.490. The number of amides is 2. The van der Waals surface area contributed by atoms with Gasteiger partial charge in [0.15, 0.2) is 6.29 Å². The number of urea groups is 1. The first-order valence-electron chi connectivity index (χ1n) is 3.62. The molecule has 13 heavy (non-hydrogen) atoms. The summed E-state index contributed by atoms with van der Waals surface area (Å²) in [5.74, 6) is 0. The van der Waals surface area contributed by atoms with Gasteiger partial charge < -0.3 is 21.3 Å². The van der Waals surface area contributed by atoms with Crippen LogP contribution in [0.1, 0.15) is 11.9 Å². The van der Waals surface area contributed by atoms with Crippen LogP contribution in [-0.4, -0.2) is 16.2 Å². The van der Waals surface area contributed by atoms with Gasteiger partial charge in [-0.1, -0.05) is 12.1 Å². The molecule has 0 saturated carbocycles. The van der Waals surface area contributed by atoms with Crippen molar-refractivity contribution in [2.24, 2.45) is 5.73 Å². The number of primary amides is 1. The molecule has 1 rings (SSSR count). The van der Waals surface area contributed by atoms with Crippen molar-refractivity contribution in [1.29, 1.82) is 0 Å². The number of anilines is 1. The first-order valence-corrected chi connectivity index (χ1v) is 3.62. The number of hydrogen-bond donors (Lipinski definition) is 4. The Hall–Kier alpha value is -1.59. The van der Waals surface area contributed by atoms with Gasteiger partial charge in [-0.05, 0) is 12.1 Å². The second-order valence-corrected chi connectivity index (χ2v) is 2.49. The third kappa shape index (κ3) is 2.73. The topological polar surface area (TPSA) is 95.6 Å². The van der Waals surface area contributed by atoms with Crippen molar-refractivity contribution >= 4 is 11.7 Å². The maximum atomic E-state index is 10.4. The van der Waals surface area contributed by atoms with E-state index in [9.17, 15) is 4.79 Å². The first kappa shape index (κ1) is 9.50. The smallest absolute Gasteiger partial charge is 0.316 e. The van der Waals surface area contributed by atoms with Crippen molar-refractivity contribution < 1.29 is 15.0 Å². The number of rotatable bonds is 2. The number of benzene rings is 1. The first-order chi connectivity index (χ1) is 6.09. The van der Waals surface area contributed by atoms with E-state index < -0.39 is 12.3 Å². The molecule has 70 valence electrons. The van der Waals surface area contributed by atoms with E-state index in [1.807, 2.05) is 0 Å². The lowest BCUT2D eigenvalue weighted by Crippen LogP contribution is -2.19. The fourth-order valence-electron chi connectivity index (χ4n) is 0.919. The number of nitrogens with one attached hydrogen (secondary N) is 1. The van der Waals surface area contributed by atoms with Gasteiger partial charge in [-0.25, -0.2) is 4.79 Å². The van der Waals surface area contributed by atoms with Gasteiger partial charge in [0.1, 0.15) is 0 Å². The van der Waals surface area contributed by atoms with Crippen LogP contribution in [0.3, 0.4) is 0 Å². The van der Waals surface area contributed by atoms with Crippen LogP contribution in [0.4, 0.5) is 10.5 Å². The fourth-order valence-corrected chi connectivity index (χ4v) is 0.919. The molecule has 0 radical (unpaired) electrons. The molecule has 5 heteroatoms. The molecule has 0 saturated heterocycles. The van der Waals surface area contributed by atoms with E-state index in [1.54, 1.807) is 12.1 Å². The van der Waals surface area contributed by atoms with Crippen molar-refractivity contribution in [3.63, 3.8) is 0 Å². The Bertz CT molecular complexity index is 312. The standard InChI is InChI=1S/C8H10N2O3/c9-8(13)10-6-3-1-2-5(4-6)7(11)12/h1-4,7,11-12H,(H3,9,10,13). The van der Waals surface area contributed by atoms with E-state index in [2.05, 4.69) is 5.32 Å². The van der Waals surface area contributed by atoms with Gasteiger partial charge in [0, 0.05) is 11.3 Å². The molecular formula is C8H10N2O3. The highest BCUT2D eigenvalue weighted by atomic mass is 16.5. The average molecular weight is 182 g/mol. The fraction of sp³-hybridized carbons (Fsp3) is 0.125. The van der Waals surface area contributed by atoms with Crippen LogP contribution in [0.25, 0.3) is 0 Å². The van der Waals surface area contributed by atoms with E-state index in [0.717, 1.165) is 0 Å². The van der Waals surface area contributed by atoms with Crippen LogP contribution in [0.2, 0.25) is 0 Å². The monoisotopic (exact) mass is 182 g/mol. The largest absolute Gasteiger partial charge is 0.364 e. The Morgan fingerprint density at radius 2 is 2.15 bits per heavy atom. The minimum atomic E-state index is -1.55. The van der Waals surface area contributed by atoms with Gasteiger partial charge in [0.05, 0.1) is 0 Å². The summed E-state index contributed by atoms with van der Waals surface area (Å²) >= 11 is 0. The zero-order valence-electron chi connectivity index (χ0n) is 6.77. The highest BCUT2D eigenvalue weighted by Crippen LogP contribution is 2.15. The lowest BCUT2D eigenvalue weighted by Gasteiger charge is -2.06. The van der Waals surface area contributed by atoms with E-state index >= 15 is 0 Å². The maximum absolute atomic E-state index is 10.4. The number of aliphatic hydroxyl groups excluding tert-OH is 1. The Morgan fingerprint density at radius 1 is 1.46 bits per heavy atom. The normalized spacial score (nSPS) is 10.1. The number of carbonyl (C=O) groups excluding carboxylic acids is 1. The van der Waals surface area contributed by atoms with E-state index in [-0.39, 0.29) is 0 Å². The minimum Gasteiger partial charge on any atom is -0.364 e. The number of aliphatic hydroxyl groups is 2. The molecule has 0 aliphatic carbocycles. The molecule has 0 aliphatic heterocycles. The van der Waals surface area contributed by atoms with Gasteiger partial charge in [0.2, 0.25) is 0 Å². The molecule has 0 spiro atoms. The molecule has 0 fully saturated rings. The summed E-state index contributed by atoms with van der Waals surface area (Å²) < 4.78 is 0. The van der Waals surface area contributed by atoms with E-state index in [4.69, 9.17) is 15.9 Å². The van der Waals surface area contributed by atoms with Crippen LogP contribution in [0, 0.1) is 0 Å². The molecule has 0 atom stereocenters. The Morgan fingerprint density at radius 3 is 2.69 bits per heavy atom. The summed E-state index contributed by atoms with van der Waals surface area (Å²) in [6, 6.07) is 5.44. The molecule has 2 amide bonds. The molecular weight excluding hydrogens is 172 g/mol. The van der Waals surface area contributed by atoms with Gasteiger partial charge in [-0.15, -0.1) is 0 Å². The lowest BCUT2D eigenvalue weighted by atomic mass is 10.2. The van der Waals surface area contributed by atoms with Gasteiger partial charge >= 0.3 is 6.03 Å². The third-order valence-corrected chi connectivity index (χ3v) is 1.45. The molecule has 0 aliphatic rings. The zero-order valence-corrected chi connectivity index (χ0v) is 6.77. The van der Waals surface area contributed by atoms with Crippen molar-refractivity contribution in [1.82, 2.24) is 0 Å². The molecule has 1 aromatic rings. The molecule has 0 bridgehead atoms. The number of hydrogen-bond acceptors (Lipinski definition) is 3. The summed E-state index contributed by atoms with van der Waals surface area (Å²) in [6.45, 7) is 0. The van der Waals surface area contributed by atoms with Crippen LogP contribution in [0.15, 0.2) is 24.3 Å². The maximum Gasteiger partial charge on any atom is 0.316 e. The van der Waals surface area contributed by atoms with Gasteiger partial charge in [-0.3, -0.25) is 0 Å². The Balaban J connectivity index is 2.85. The van der Waals surface area contributed by atoms with Crippen molar-refractivity contribution in [2.45, 2.75) is 6.29 Å². The van der Waals surface area contributed by atoms with Crippen molar-refractivity contribution in [3.8, 4) is 0 Å². The molecule has 0 heterocycles. The molecule has 5 N–H and O–H groups in total. The van der Waals surface area contributed by atoms with E-state index in [0.29, 0.717) is 11.3 Å². The molecule has 0 aromatic heterocycles. The molecule has 0 unspecified atom stereocenters. The Kier molecular flexibility index (Phi) is 2.84. The SMILES string of the molecule is NC(=O)Nc1cccc(C(O)O)c1. The van der Waals surface area contributed by atoms with E-state index in [1.165, 1.54) is 12.1 Å². The van der Waals surface area contributed by atoms with Gasteiger partial charge in [0.25, 0.3) is 0 Å². The molecule has 1 aromatic carbocycles. The summed E-state index contributed by atoms with van der Waals surface area (Å²) in [4.78, 5) is 10.4. The highest BCUT2D eigenvalue weighted by molar-refractivity contribution is 5.87. The summed E-state index contributed by atoms with van der Waals surface area (Å²) in [6.07, 6.45) is -1.55. The van der Waals surface area contributed by atoms with Crippen molar-refractivity contribution in [3.05, 3.63) is 29.8 Å². The summed E-state index contributed by atoms with van der Waals surface area (Å²) in [5, 5.41) is 19.9. The predicted octanol–water partition coefficient (Wildman–Crippen LogP) is 0.160. The lowest BCUT2D eigenvalue weighted by molar-refractivity contribution is -0.0424. The number of carbonyl (C=O) groups is 1. The van der Waals surface area contributed by atoms with Gasteiger partial charge in [-0.2, -0.15) is 0 Å². The zero-order chi connectivity index (χ0) is 9.84. The second-order valence-electron chi connectivity index (χ2n) is 2.49. The number of nitrogens with two attached hydrogens (primary N) is 1. The second kappa shape index (κ2) is 3.88. The summed E-state index contributed by atoms with van der Waals surface area (Å²) in [7, 11) is 0. The highest BCUT2D eigenvalue weighted by Gasteiger charge is 2.03. The van der Waals surface area contributed by atoms with Crippen LogP contribution in [-0.2, 0) is 0 Å². The summed E-state index contributed by atoms with van der Waals surface area (Å²) in [5.41, 5.74) is 5.60. The van der Waals surface area contributed by atoms with Crippen LogP contribution in [0.5, 0.6) is 0 Å². The van der Waals surface area contributed by atoms with Crippen molar-refractivity contribution in [2.75, 3.05) is 5.32 Å². The minimum absolute atomic E-state index is 0.297. The third-order valence-electron chi connectivity index (χ3n) is 1.45.